The summed E-state index contributed by atoms with van der Waals surface area (Å²) in [5.41, 5.74) is 4.01. The van der Waals surface area contributed by atoms with Crippen LogP contribution < -0.4 is 0 Å². The van der Waals surface area contributed by atoms with Crippen LogP contribution in [0.5, 0.6) is 0 Å². The third kappa shape index (κ3) is 4.73. The highest BCUT2D eigenvalue weighted by molar-refractivity contribution is 6.37. The van der Waals surface area contributed by atoms with Crippen LogP contribution in [0, 0.1) is 0 Å². The van der Waals surface area contributed by atoms with Crippen LogP contribution in [0.2, 0.25) is 20.1 Å². The van der Waals surface area contributed by atoms with E-state index in [4.69, 9.17) is 51.2 Å². The summed E-state index contributed by atoms with van der Waals surface area (Å²) in [5.74, 6) is 0. The van der Waals surface area contributed by atoms with Crippen LogP contribution in [-0.2, 0) is 18.0 Å². The Bertz CT molecular complexity index is 1240. The summed E-state index contributed by atoms with van der Waals surface area (Å²) in [6.45, 7) is 0.603. The first-order valence-electron chi connectivity index (χ1n) is 8.99. The zero-order valence-corrected chi connectivity index (χ0v) is 18.6. The van der Waals surface area contributed by atoms with Crippen LogP contribution >= 0.6 is 46.4 Å². The molecule has 0 N–H and O–H groups in total. The zero-order valence-electron chi connectivity index (χ0n) is 15.5. The minimum atomic E-state index is 0.190. The van der Waals surface area contributed by atoms with E-state index in [0.717, 1.165) is 22.2 Å². The number of benzene rings is 3. The van der Waals surface area contributed by atoms with Gasteiger partial charge in [-0.05, 0) is 42.5 Å². The largest absolute Gasteiger partial charge is 0.391 e. The predicted octanol–water partition coefficient (Wildman–Crippen LogP) is 7.27. The Morgan fingerprint density at radius 1 is 0.900 bits per heavy atom. The van der Waals surface area contributed by atoms with E-state index >= 15 is 0 Å². The smallest absolute Gasteiger partial charge is 0.143 e. The summed E-state index contributed by atoms with van der Waals surface area (Å²) in [4.78, 5) is 10.1. The second-order valence-electron chi connectivity index (χ2n) is 6.53. The van der Waals surface area contributed by atoms with Crippen LogP contribution in [0.25, 0.3) is 11.0 Å². The van der Waals surface area contributed by atoms with Gasteiger partial charge in [0, 0.05) is 26.2 Å². The van der Waals surface area contributed by atoms with Gasteiger partial charge in [0.2, 0.25) is 0 Å². The molecule has 4 nitrogen and oxygen atoms in total. The fourth-order valence-electron chi connectivity index (χ4n) is 3.00. The van der Waals surface area contributed by atoms with Crippen molar-refractivity contribution in [2.24, 2.45) is 5.16 Å². The maximum absolute atomic E-state index is 6.44. The van der Waals surface area contributed by atoms with Gasteiger partial charge >= 0.3 is 0 Å². The molecule has 152 valence electrons. The van der Waals surface area contributed by atoms with E-state index in [2.05, 4.69) is 10.1 Å². The summed E-state index contributed by atoms with van der Waals surface area (Å²) in [6.07, 6.45) is 1.76. The Morgan fingerprint density at radius 3 is 2.40 bits per heavy atom. The van der Waals surface area contributed by atoms with E-state index < -0.39 is 0 Å². The van der Waals surface area contributed by atoms with Gasteiger partial charge in [-0.1, -0.05) is 69.8 Å². The first-order valence-corrected chi connectivity index (χ1v) is 10.5. The van der Waals surface area contributed by atoms with Gasteiger partial charge in [0.25, 0.3) is 0 Å². The number of hydrogen-bond acceptors (Lipinski definition) is 3. The maximum Gasteiger partial charge on any atom is 0.143 e. The first kappa shape index (κ1) is 21.0. The number of fused-ring (bicyclic) bond motifs is 1. The van der Waals surface area contributed by atoms with Crippen LogP contribution in [-0.4, -0.2) is 15.3 Å². The minimum absolute atomic E-state index is 0.190. The first-order chi connectivity index (χ1) is 14.5. The van der Waals surface area contributed by atoms with Crippen molar-refractivity contribution in [3.05, 3.63) is 98.2 Å². The standard InChI is InChI=1S/C22H15Cl4N3O/c23-15-6-5-14(18(25)9-15)12-30-28-21(17-8-7-16(24)10-19(17)26)11-29-13-27-20-3-1-2-4-22(20)29/h1-10,13H,11-12H2. The van der Waals surface area contributed by atoms with Gasteiger partial charge in [-0.15, -0.1) is 0 Å². The van der Waals surface area contributed by atoms with Crippen LogP contribution in [0.4, 0.5) is 0 Å². The number of nitrogens with zero attached hydrogens (tertiary/aromatic N) is 3. The van der Waals surface area contributed by atoms with E-state index in [0.29, 0.717) is 32.3 Å². The molecule has 0 unspecified atom stereocenters. The molecular formula is C22H15Cl4N3O. The van der Waals surface area contributed by atoms with Crippen LogP contribution in [0.3, 0.4) is 0 Å². The number of imidazole rings is 1. The summed E-state index contributed by atoms with van der Waals surface area (Å²) in [7, 11) is 0. The molecule has 8 heteroatoms. The van der Waals surface area contributed by atoms with Gasteiger partial charge < -0.3 is 9.40 Å². The average molecular weight is 479 g/mol. The van der Waals surface area contributed by atoms with E-state index in [-0.39, 0.29) is 6.61 Å². The summed E-state index contributed by atoms with van der Waals surface area (Å²) in [6, 6.07) is 18.4. The van der Waals surface area contributed by atoms with Crippen molar-refractivity contribution in [1.29, 1.82) is 0 Å². The lowest BCUT2D eigenvalue weighted by Crippen LogP contribution is -2.12. The molecule has 0 aliphatic heterocycles. The lowest BCUT2D eigenvalue weighted by atomic mass is 10.1. The van der Waals surface area contributed by atoms with E-state index in [1.807, 2.05) is 34.9 Å². The lowest BCUT2D eigenvalue weighted by molar-refractivity contribution is 0.130. The number of halogens is 4. The Kier molecular flexibility index (Phi) is 6.49. The van der Waals surface area contributed by atoms with Crippen LogP contribution in [0.15, 0.2) is 72.1 Å². The van der Waals surface area contributed by atoms with Crippen molar-refractivity contribution in [2.45, 2.75) is 13.2 Å². The molecule has 0 aliphatic carbocycles. The predicted molar refractivity (Wildman–Crippen MR) is 124 cm³/mol. The third-order valence-corrected chi connectivity index (χ3v) is 5.63. The highest BCUT2D eigenvalue weighted by Gasteiger charge is 2.13. The normalized spacial score (nSPS) is 11.8. The number of rotatable bonds is 6. The molecule has 1 heterocycles. The molecule has 4 rings (SSSR count). The van der Waals surface area contributed by atoms with E-state index in [9.17, 15) is 0 Å². The highest BCUT2D eigenvalue weighted by Crippen LogP contribution is 2.24. The SMILES string of the molecule is Clc1ccc(CON=C(Cn2cnc3ccccc32)c2ccc(Cl)cc2Cl)c(Cl)c1. The summed E-state index contributed by atoms with van der Waals surface area (Å²) < 4.78 is 1.98. The lowest BCUT2D eigenvalue weighted by Gasteiger charge is -2.11. The van der Waals surface area contributed by atoms with Crippen molar-refractivity contribution >= 4 is 63.1 Å². The van der Waals surface area contributed by atoms with Crippen LogP contribution in [0.1, 0.15) is 11.1 Å². The maximum atomic E-state index is 6.44. The molecule has 0 radical (unpaired) electrons. The van der Waals surface area contributed by atoms with Gasteiger partial charge in [0.05, 0.1) is 28.9 Å². The highest BCUT2D eigenvalue weighted by atomic mass is 35.5. The minimum Gasteiger partial charge on any atom is -0.391 e. The van der Waals surface area contributed by atoms with Gasteiger partial charge in [0.15, 0.2) is 0 Å². The fraction of sp³-hybridized carbons (Fsp3) is 0.0909. The second kappa shape index (κ2) is 9.27. The Labute approximate surface area is 193 Å². The van der Waals surface area contributed by atoms with Gasteiger partial charge in [0.1, 0.15) is 12.3 Å². The molecule has 0 aliphatic rings. The molecule has 0 fully saturated rings. The molecule has 0 spiro atoms. The van der Waals surface area contributed by atoms with E-state index in [1.54, 1.807) is 36.7 Å². The monoisotopic (exact) mass is 477 g/mol. The number of para-hydroxylation sites is 2. The molecule has 0 amide bonds. The quantitative estimate of drug-likeness (QED) is 0.216. The molecule has 0 saturated heterocycles. The Morgan fingerprint density at radius 2 is 1.63 bits per heavy atom. The van der Waals surface area contributed by atoms with Crippen molar-refractivity contribution in [2.75, 3.05) is 0 Å². The molecule has 0 saturated carbocycles. The molecule has 4 aromatic rings. The molecule has 30 heavy (non-hydrogen) atoms. The Balaban J connectivity index is 1.65. The van der Waals surface area contributed by atoms with Crippen molar-refractivity contribution in [3.63, 3.8) is 0 Å². The molecule has 3 aromatic carbocycles. The van der Waals surface area contributed by atoms with Crippen molar-refractivity contribution in [1.82, 2.24) is 9.55 Å². The van der Waals surface area contributed by atoms with Gasteiger partial charge in [-0.25, -0.2) is 4.98 Å². The summed E-state index contributed by atoms with van der Waals surface area (Å²) >= 11 is 24.7. The van der Waals surface area contributed by atoms with Crippen molar-refractivity contribution < 1.29 is 4.84 Å². The third-order valence-electron chi connectivity index (χ3n) is 4.50. The van der Waals surface area contributed by atoms with Gasteiger partial charge in [-0.2, -0.15) is 0 Å². The number of aromatic nitrogens is 2. The van der Waals surface area contributed by atoms with Crippen molar-refractivity contribution in [3.8, 4) is 0 Å². The molecule has 1 aromatic heterocycles. The Hall–Kier alpha value is -2.24. The molecule has 0 bridgehead atoms. The molecular weight excluding hydrogens is 464 g/mol. The average Bonchev–Trinajstić information content (AvgIpc) is 3.12. The molecule has 0 atom stereocenters. The number of oxime groups is 1. The van der Waals surface area contributed by atoms with E-state index in [1.165, 1.54) is 0 Å². The van der Waals surface area contributed by atoms with Gasteiger partial charge in [-0.3, -0.25) is 0 Å². The summed E-state index contributed by atoms with van der Waals surface area (Å²) in [5, 5.41) is 6.49. The zero-order chi connectivity index (χ0) is 21.1. The number of hydrogen-bond donors (Lipinski definition) is 0. The topological polar surface area (TPSA) is 39.4 Å². The second-order valence-corrected chi connectivity index (χ2v) is 8.22. The fourth-order valence-corrected chi connectivity index (χ4v) is 3.98.